The molecule has 172 valence electrons. The second-order valence-electron chi connectivity index (χ2n) is 8.66. The summed E-state index contributed by atoms with van der Waals surface area (Å²) >= 11 is 0. The maximum Gasteiger partial charge on any atom is 0.290 e. The molecular formula is C27H29FN2O3. The van der Waals surface area contributed by atoms with Crippen molar-refractivity contribution in [2.45, 2.75) is 57.7 Å². The van der Waals surface area contributed by atoms with Gasteiger partial charge in [-0.25, -0.2) is 4.39 Å². The van der Waals surface area contributed by atoms with E-state index in [1.807, 2.05) is 31.2 Å². The van der Waals surface area contributed by atoms with Gasteiger partial charge in [-0.3, -0.25) is 9.59 Å². The van der Waals surface area contributed by atoms with Crippen molar-refractivity contribution in [2.75, 3.05) is 0 Å². The van der Waals surface area contributed by atoms with Gasteiger partial charge in [-0.05, 0) is 43.5 Å². The molecule has 1 aliphatic carbocycles. The van der Waals surface area contributed by atoms with Crippen molar-refractivity contribution in [2.24, 2.45) is 0 Å². The number of nitrogens with one attached hydrogen (secondary N) is 1. The van der Waals surface area contributed by atoms with Crippen LogP contribution in [0.3, 0.4) is 0 Å². The average molecular weight is 449 g/mol. The monoisotopic (exact) mass is 448 g/mol. The van der Waals surface area contributed by atoms with Gasteiger partial charge in [-0.2, -0.15) is 0 Å². The summed E-state index contributed by atoms with van der Waals surface area (Å²) in [6, 6.07) is 16.2. The Kier molecular flexibility index (Phi) is 7.23. The van der Waals surface area contributed by atoms with Crippen LogP contribution < -0.4 is 5.32 Å². The lowest BCUT2D eigenvalue weighted by atomic mass is 9.94. The first-order valence-electron chi connectivity index (χ1n) is 11.5. The molecule has 3 aromatic rings. The van der Waals surface area contributed by atoms with Crippen LogP contribution in [0.4, 0.5) is 4.39 Å². The Labute approximate surface area is 193 Å². The Morgan fingerprint density at radius 1 is 1.03 bits per heavy atom. The Morgan fingerprint density at radius 2 is 1.76 bits per heavy atom. The molecule has 33 heavy (non-hydrogen) atoms. The Morgan fingerprint density at radius 3 is 2.42 bits per heavy atom. The summed E-state index contributed by atoms with van der Waals surface area (Å²) in [6.07, 6.45) is 6.58. The number of rotatable bonds is 7. The Hall–Kier alpha value is -3.41. The van der Waals surface area contributed by atoms with E-state index in [0.717, 1.165) is 31.2 Å². The molecule has 1 aliphatic rings. The first-order valence-corrected chi connectivity index (χ1v) is 11.5. The van der Waals surface area contributed by atoms with Crippen molar-refractivity contribution < 1.29 is 18.4 Å². The number of carbonyl (C=O) groups excluding carboxylic acids is 2. The van der Waals surface area contributed by atoms with Gasteiger partial charge in [-0.15, -0.1) is 0 Å². The topological polar surface area (TPSA) is 62.6 Å². The van der Waals surface area contributed by atoms with Gasteiger partial charge in [0.25, 0.3) is 5.91 Å². The number of carbonyl (C=O) groups is 2. The summed E-state index contributed by atoms with van der Waals surface area (Å²) in [5, 5.41) is 3.16. The van der Waals surface area contributed by atoms with E-state index in [1.54, 1.807) is 30.3 Å². The van der Waals surface area contributed by atoms with Crippen LogP contribution in [0.5, 0.6) is 0 Å². The zero-order chi connectivity index (χ0) is 23.2. The zero-order valence-electron chi connectivity index (χ0n) is 18.8. The van der Waals surface area contributed by atoms with Crippen molar-refractivity contribution in [3.8, 4) is 0 Å². The van der Waals surface area contributed by atoms with Gasteiger partial charge in [0.05, 0.1) is 12.8 Å². The number of aryl methyl sites for hydroxylation is 1. The van der Waals surface area contributed by atoms with E-state index in [9.17, 15) is 14.0 Å². The number of benzene rings is 2. The van der Waals surface area contributed by atoms with Gasteiger partial charge < -0.3 is 14.6 Å². The minimum Gasteiger partial charge on any atom is -0.459 e. The number of amides is 2. The molecule has 0 saturated heterocycles. The highest BCUT2D eigenvalue weighted by Gasteiger charge is 2.34. The third-order valence-electron chi connectivity index (χ3n) is 6.20. The molecule has 2 amide bonds. The van der Waals surface area contributed by atoms with E-state index in [0.29, 0.717) is 11.1 Å². The van der Waals surface area contributed by atoms with Crippen LogP contribution in [0.2, 0.25) is 0 Å². The summed E-state index contributed by atoms with van der Waals surface area (Å²) in [6.45, 7) is 1.90. The number of nitrogens with zero attached hydrogens (tertiary/aromatic N) is 1. The third kappa shape index (κ3) is 5.51. The fourth-order valence-corrected chi connectivity index (χ4v) is 4.38. The smallest absolute Gasteiger partial charge is 0.290 e. The molecule has 5 nitrogen and oxygen atoms in total. The van der Waals surface area contributed by atoms with Crippen molar-refractivity contribution in [1.82, 2.24) is 10.2 Å². The minimum atomic E-state index is -0.926. The second kappa shape index (κ2) is 10.5. The maximum absolute atomic E-state index is 14.6. The van der Waals surface area contributed by atoms with Gasteiger partial charge >= 0.3 is 0 Å². The molecule has 1 fully saturated rings. The van der Waals surface area contributed by atoms with Gasteiger partial charge in [-0.1, -0.05) is 67.3 Å². The summed E-state index contributed by atoms with van der Waals surface area (Å²) in [5.74, 6) is -1.05. The van der Waals surface area contributed by atoms with Crippen molar-refractivity contribution in [3.63, 3.8) is 0 Å². The number of hydrogen-bond donors (Lipinski definition) is 1. The molecule has 1 aromatic heterocycles. The molecule has 1 atom stereocenters. The molecule has 2 aromatic carbocycles. The first kappa shape index (κ1) is 22.8. The summed E-state index contributed by atoms with van der Waals surface area (Å²) < 4.78 is 19.9. The van der Waals surface area contributed by atoms with Crippen molar-refractivity contribution in [3.05, 3.63) is 95.2 Å². The summed E-state index contributed by atoms with van der Waals surface area (Å²) in [7, 11) is 0. The van der Waals surface area contributed by atoms with Crippen LogP contribution in [0.15, 0.2) is 71.3 Å². The van der Waals surface area contributed by atoms with E-state index >= 15 is 0 Å². The van der Waals surface area contributed by atoms with Gasteiger partial charge in [0.2, 0.25) is 5.91 Å². The van der Waals surface area contributed by atoms with Crippen molar-refractivity contribution >= 4 is 11.8 Å². The summed E-state index contributed by atoms with van der Waals surface area (Å²) in [4.78, 5) is 28.6. The lowest BCUT2D eigenvalue weighted by Gasteiger charge is -2.33. The fourth-order valence-electron chi connectivity index (χ4n) is 4.38. The molecule has 0 radical (unpaired) electrons. The van der Waals surface area contributed by atoms with Gasteiger partial charge in [0.1, 0.15) is 11.9 Å². The van der Waals surface area contributed by atoms with Crippen LogP contribution in [0.1, 0.15) is 65.4 Å². The minimum absolute atomic E-state index is 0.0666. The molecule has 1 saturated carbocycles. The predicted octanol–water partition coefficient (Wildman–Crippen LogP) is 5.56. The molecular weight excluding hydrogens is 419 g/mol. The quantitative estimate of drug-likeness (QED) is 0.515. The molecule has 1 heterocycles. The first-order chi connectivity index (χ1) is 16.0. The molecule has 6 heteroatoms. The normalized spacial score (nSPS) is 15.1. The molecule has 1 N–H and O–H groups in total. The van der Waals surface area contributed by atoms with E-state index in [2.05, 4.69) is 5.32 Å². The lowest BCUT2D eigenvalue weighted by molar-refractivity contribution is -0.127. The average Bonchev–Trinajstić information content (AvgIpc) is 3.36. The highest BCUT2D eigenvalue weighted by molar-refractivity contribution is 5.96. The van der Waals surface area contributed by atoms with Gasteiger partial charge in [0, 0.05) is 11.6 Å². The van der Waals surface area contributed by atoms with Crippen LogP contribution in [-0.2, 0) is 11.3 Å². The lowest BCUT2D eigenvalue weighted by Crippen LogP contribution is -2.46. The third-order valence-corrected chi connectivity index (χ3v) is 6.20. The number of furan rings is 1. The van der Waals surface area contributed by atoms with Crippen molar-refractivity contribution in [1.29, 1.82) is 0 Å². The molecule has 0 unspecified atom stereocenters. The highest BCUT2D eigenvalue weighted by atomic mass is 19.1. The van der Waals surface area contributed by atoms with E-state index in [1.165, 1.54) is 23.7 Å². The Balaban J connectivity index is 1.73. The Bertz CT molecular complexity index is 1070. The van der Waals surface area contributed by atoms with E-state index in [4.69, 9.17) is 4.42 Å². The number of hydrogen-bond acceptors (Lipinski definition) is 3. The standard InChI is InChI=1S/C27H29FN2O3/c1-19-13-15-20(16-14-19)25(26(31)29-22-9-3-2-4-10-22)30(27(32)24-12-7-17-33-24)18-21-8-5-6-11-23(21)28/h5-8,11-17,22,25H,2-4,9-10,18H2,1H3,(H,29,31)/t25-/m0/s1. The zero-order valence-corrected chi connectivity index (χ0v) is 18.8. The molecule has 0 aliphatic heterocycles. The summed E-state index contributed by atoms with van der Waals surface area (Å²) in [5.41, 5.74) is 2.05. The van der Waals surface area contributed by atoms with Crippen LogP contribution >= 0.6 is 0 Å². The number of halogens is 1. The maximum atomic E-state index is 14.6. The second-order valence-corrected chi connectivity index (χ2v) is 8.66. The predicted molar refractivity (Wildman–Crippen MR) is 124 cm³/mol. The van der Waals surface area contributed by atoms with Crippen LogP contribution in [-0.4, -0.2) is 22.8 Å². The fraction of sp³-hybridized carbons (Fsp3) is 0.333. The van der Waals surface area contributed by atoms with Crippen LogP contribution in [0.25, 0.3) is 0 Å². The van der Waals surface area contributed by atoms with E-state index < -0.39 is 17.8 Å². The molecule has 4 rings (SSSR count). The SMILES string of the molecule is Cc1ccc([C@@H](C(=O)NC2CCCCC2)N(Cc2ccccc2F)C(=O)c2ccco2)cc1. The van der Waals surface area contributed by atoms with E-state index in [-0.39, 0.29) is 24.3 Å². The van der Waals surface area contributed by atoms with Gasteiger partial charge in [0.15, 0.2) is 5.76 Å². The highest BCUT2D eigenvalue weighted by Crippen LogP contribution is 2.28. The largest absolute Gasteiger partial charge is 0.459 e. The molecule has 0 bridgehead atoms. The van der Waals surface area contributed by atoms with Crippen LogP contribution in [0, 0.1) is 12.7 Å². The molecule has 0 spiro atoms.